The maximum atomic E-state index is 12.7. The van der Waals surface area contributed by atoms with E-state index >= 15 is 0 Å². The van der Waals surface area contributed by atoms with Crippen molar-refractivity contribution >= 4 is 55.8 Å². The van der Waals surface area contributed by atoms with E-state index in [-0.39, 0.29) is 18.2 Å². The summed E-state index contributed by atoms with van der Waals surface area (Å²) < 4.78 is 0.902. The van der Waals surface area contributed by atoms with Gasteiger partial charge >= 0.3 is 0 Å². The summed E-state index contributed by atoms with van der Waals surface area (Å²) in [7, 11) is 0. The molecule has 120 valence electrons. The lowest BCUT2D eigenvalue weighted by Crippen LogP contribution is -2.30. The van der Waals surface area contributed by atoms with Crippen molar-refractivity contribution in [2.45, 2.75) is 12.3 Å². The minimum absolute atomic E-state index is 0.125. The van der Waals surface area contributed by atoms with Gasteiger partial charge in [0.15, 0.2) is 5.13 Å². The van der Waals surface area contributed by atoms with Crippen molar-refractivity contribution in [2.75, 3.05) is 10.6 Å². The first kappa shape index (κ1) is 15.1. The molecule has 0 spiro atoms. The highest BCUT2D eigenvalue weighted by atomic mass is 35.5. The molecular weight excluding hydrogens is 346 g/mol. The third-order valence-corrected chi connectivity index (χ3v) is 5.07. The number of aromatic nitrogens is 1. The van der Waals surface area contributed by atoms with Crippen LogP contribution in [0.4, 0.5) is 10.8 Å². The molecule has 2 amide bonds. The molecule has 0 radical (unpaired) electrons. The minimum atomic E-state index is -0.523. The monoisotopic (exact) mass is 357 g/mol. The van der Waals surface area contributed by atoms with Gasteiger partial charge in [0.25, 0.3) is 0 Å². The van der Waals surface area contributed by atoms with Crippen molar-refractivity contribution in [3.05, 3.63) is 53.1 Å². The van der Waals surface area contributed by atoms with E-state index in [0.717, 1.165) is 15.8 Å². The second kappa shape index (κ2) is 5.89. The Bertz CT molecular complexity index is 969. The molecule has 1 unspecified atom stereocenters. The molecule has 0 fully saturated rings. The van der Waals surface area contributed by atoms with Crippen LogP contribution in [-0.4, -0.2) is 16.8 Å². The highest BCUT2D eigenvalue weighted by molar-refractivity contribution is 7.22. The molecule has 5 nitrogen and oxygen atoms in total. The number of rotatable bonds is 2. The molecule has 0 bridgehead atoms. The Morgan fingerprint density at radius 1 is 1.29 bits per heavy atom. The van der Waals surface area contributed by atoms with Crippen LogP contribution < -0.4 is 10.6 Å². The summed E-state index contributed by atoms with van der Waals surface area (Å²) in [6.45, 7) is 0. The van der Waals surface area contributed by atoms with Crippen LogP contribution in [0.25, 0.3) is 10.2 Å². The molecule has 2 aromatic carbocycles. The second-order valence-electron chi connectivity index (χ2n) is 5.51. The van der Waals surface area contributed by atoms with Crippen LogP contribution in [0.2, 0.25) is 5.02 Å². The van der Waals surface area contributed by atoms with Crippen LogP contribution in [0.3, 0.4) is 0 Å². The highest BCUT2D eigenvalue weighted by Crippen LogP contribution is 2.34. The molecule has 2 N–H and O–H groups in total. The van der Waals surface area contributed by atoms with Gasteiger partial charge in [-0.1, -0.05) is 41.1 Å². The average molecular weight is 358 g/mol. The SMILES string of the molecule is O=C1CC(C(=O)Nc2nc3ccc(Cl)cc3s2)c2ccccc2N1. The Morgan fingerprint density at radius 3 is 3.00 bits per heavy atom. The molecule has 4 rings (SSSR count). The second-order valence-corrected chi connectivity index (χ2v) is 6.98. The number of halogens is 1. The largest absolute Gasteiger partial charge is 0.326 e. The first-order chi connectivity index (χ1) is 11.6. The van der Waals surface area contributed by atoms with E-state index in [1.807, 2.05) is 30.3 Å². The van der Waals surface area contributed by atoms with Crippen molar-refractivity contribution in [1.29, 1.82) is 0 Å². The Labute approximate surface area is 146 Å². The fourth-order valence-electron chi connectivity index (χ4n) is 2.79. The summed E-state index contributed by atoms with van der Waals surface area (Å²) in [4.78, 5) is 28.9. The number of amides is 2. The highest BCUT2D eigenvalue weighted by Gasteiger charge is 2.30. The summed E-state index contributed by atoms with van der Waals surface area (Å²) in [5.41, 5.74) is 2.28. The standard InChI is InChI=1S/C17H12ClN3O2S/c18-9-5-6-13-14(7-9)24-17(20-13)21-16(23)11-8-15(22)19-12-4-2-1-3-10(11)12/h1-7,11H,8H2,(H,19,22)(H,20,21,23). The summed E-state index contributed by atoms with van der Waals surface area (Å²) >= 11 is 7.33. The number of fused-ring (bicyclic) bond motifs is 2. The van der Waals surface area contributed by atoms with E-state index in [4.69, 9.17) is 11.6 Å². The topological polar surface area (TPSA) is 71.1 Å². The van der Waals surface area contributed by atoms with Gasteiger partial charge in [-0.25, -0.2) is 4.98 Å². The zero-order valence-electron chi connectivity index (χ0n) is 12.4. The fourth-order valence-corrected chi connectivity index (χ4v) is 3.93. The molecule has 0 saturated carbocycles. The van der Waals surface area contributed by atoms with Crippen molar-refractivity contribution in [3.8, 4) is 0 Å². The molecule has 3 aromatic rings. The van der Waals surface area contributed by atoms with Crippen molar-refractivity contribution in [1.82, 2.24) is 4.98 Å². The summed E-state index contributed by atoms with van der Waals surface area (Å²) in [5.74, 6) is -0.919. The van der Waals surface area contributed by atoms with Gasteiger partial charge in [-0.05, 0) is 29.8 Å². The number of hydrogen-bond donors (Lipinski definition) is 2. The smallest absolute Gasteiger partial charge is 0.234 e. The van der Waals surface area contributed by atoms with Gasteiger partial charge in [0.05, 0.1) is 16.1 Å². The Kier molecular flexibility index (Phi) is 3.70. The zero-order valence-corrected chi connectivity index (χ0v) is 13.9. The maximum absolute atomic E-state index is 12.7. The predicted octanol–water partition coefficient (Wildman–Crippen LogP) is 4.01. The summed E-state index contributed by atoms with van der Waals surface area (Å²) in [6, 6.07) is 12.7. The van der Waals surface area contributed by atoms with Crippen LogP contribution >= 0.6 is 22.9 Å². The quantitative estimate of drug-likeness (QED) is 0.727. The van der Waals surface area contributed by atoms with Gasteiger partial charge < -0.3 is 10.6 Å². The van der Waals surface area contributed by atoms with Gasteiger partial charge in [-0.15, -0.1) is 0 Å². The molecular formula is C17H12ClN3O2S. The maximum Gasteiger partial charge on any atom is 0.234 e. The van der Waals surface area contributed by atoms with Crippen molar-refractivity contribution in [3.63, 3.8) is 0 Å². The van der Waals surface area contributed by atoms with Gasteiger partial charge in [0, 0.05) is 17.1 Å². The van der Waals surface area contributed by atoms with E-state index < -0.39 is 5.92 Å². The van der Waals surface area contributed by atoms with Crippen molar-refractivity contribution < 1.29 is 9.59 Å². The zero-order chi connectivity index (χ0) is 16.7. The third-order valence-electron chi connectivity index (χ3n) is 3.90. The lowest BCUT2D eigenvalue weighted by Gasteiger charge is -2.24. The van der Waals surface area contributed by atoms with Gasteiger partial charge in [0.1, 0.15) is 0 Å². The predicted molar refractivity (Wildman–Crippen MR) is 95.7 cm³/mol. The number of carbonyl (C=O) groups is 2. The van der Waals surface area contributed by atoms with Crippen molar-refractivity contribution in [2.24, 2.45) is 0 Å². The minimum Gasteiger partial charge on any atom is -0.326 e. The average Bonchev–Trinajstić information content (AvgIpc) is 2.95. The lowest BCUT2D eigenvalue weighted by atomic mass is 9.90. The van der Waals surface area contributed by atoms with Crippen LogP contribution in [0.5, 0.6) is 0 Å². The number of nitrogens with one attached hydrogen (secondary N) is 2. The third kappa shape index (κ3) is 2.74. The molecule has 24 heavy (non-hydrogen) atoms. The molecule has 1 aliphatic rings. The first-order valence-electron chi connectivity index (χ1n) is 7.36. The van der Waals surface area contributed by atoms with Crippen LogP contribution in [0.1, 0.15) is 17.9 Å². The van der Waals surface area contributed by atoms with E-state index in [1.54, 1.807) is 12.1 Å². The fraction of sp³-hybridized carbons (Fsp3) is 0.118. The Hall–Kier alpha value is -2.44. The number of thiazole rings is 1. The van der Waals surface area contributed by atoms with Gasteiger partial charge in [0.2, 0.25) is 11.8 Å². The molecule has 1 aliphatic heterocycles. The number of hydrogen-bond acceptors (Lipinski definition) is 4. The number of carbonyl (C=O) groups excluding carboxylic acids is 2. The van der Waals surface area contributed by atoms with E-state index in [1.165, 1.54) is 11.3 Å². The summed E-state index contributed by atoms with van der Waals surface area (Å²) in [6.07, 6.45) is 0.125. The molecule has 1 atom stereocenters. The number of para-hydroxylation sites is 1. The van der Waals surface area contributed by atoms with E-state index in [9.17, 15) is 9.59 Å². The molecule has 7 heteroatoms. The van der Waals surface area contributed by atoms with Crippen LogP contribution in [0, 0.1) is 0 Å². The first-order valence-corrected chi connectivity index (χ1v) is 8.55. The number of nitrogens with zero attached hydrogens (tertiary/aromatic N) is 1. The van der Waals surface area contributed by atoms with Crippen LogP contribution in [0.15, 0.2) is 42.5 Å². The summed E-state index contributed by atoms with van der Waals surface area (Å²) in [5, 5.41) is 6.74. The molecule has 1 aromatic heterocycles. The Morgan fingerprint density at radius 2 is 2.12 bits per heavy atom. The van der Waals surface area contributed by atoms with Gasteiger partial charge in [-0.3, -0.25) is 9.59 Å². The molecule has 0 saturated heterocycles. The van der Waals surface area contributed by atoms with Gasteiger partial charge in [-0.2, -0.15) is 0 Å². The number of benzene rings is 2. The normalized spacial score (nSPS) is 16.5. The molecule has 2 heterocycles. The van der Waals surface area contributed by atoms with E-state index in [0.29, 0.717) is 15.8 Å². The molecule has 0 aliphatic carbocycles. The Balaban J connectivity index is 1.62. The number of anilines is 2. The van der Waals surface area contributed by atoms with E-state index in [2.05, 4.69) is 15.6 Å². The lowest BCUT2D eigenvalue weighted by molar-refractivity contribution is -0.123. The van der Waals surface area contributed by atoms with Crippen LogP contribution in [-0.2, 0) is 9.59 Å².